The third kappa shape index (κ3) is 7.73. The number of hydrogen-bond donors (Lipinski definition) is 2. The van der Waals surface area contributed by atoms with Gasteiger partial charge in [-0.05, 0) is 31.7 Å². The summed E-state index contributed by atoms with van der Waals surface area (Å²) in [5, 5.41) is 13.4. The van der Waals surface area contributed by atoms with Gasteiger partial charge in [-0.3, -0.25) is 4.21 Å². The third-order valence-electron chi connectivity index (χ3n) is 4.54. The molecular weight excluding hydrogens is 286 g/mol. The molecule has 0 bridgehead atoms. The Morgan fingerprint density at radius 2 is 2.10 bits per heavy atom. The first kappa shape index (κ1) is 19.1. The number of nitrogens with one attached hydrogen (secondary N) is 1. The normalized spacial score (nSPS) is 27.2. The van der Waals surface area contributed by atoms with Crippen LogP contribution in [-0.2, 0) is 15.5 Å². The molecule has 0 amide bonds. The van der Waals surface area contributed by atoms with Crippen molar-refractivity contribution in [3.63, 3.8) is 0 Å². The quantitative estimate of drug-likeness (QED) is 0.605. The maximum atomic E-state index is 11.2. The molecule has 1 aliphatic carbocycles. The first-order chi connectivity index (χ1) is 10.0. The zero-order chi connectivity index (χ0) is 15.7. The van der Waals surface area contributed by atoms with Gasteiger partial charge in [0.15, 0.2) is 0 Å². The fourth-order valence-corrected chi connectivity index (χ4v) is 3.34. The van der Waals surface area contributed by atoms with Crippen molar-refractivity contribution >= 4 is 10.8 Å². The summed E-state index contributed by atoms with van der Waals surface area (Å²) in [6.07, 6.45) is 8.64. The molecule has 0 aliphatic heterocycles. The highest BCUT2D eigenvalue weighted by molar-refractivity contribution is 7.84. The molecule has 5 atom stereocenters. The largest absolute Gasteiger partial charge is 0.389 e. The molecule has 0 radical (unpaired) electrons. The summed E-state index contributed by atoms with van der Waals surface area (Å²) in [5.74, 6) is 0.666. The summed E-state index contributed by atoms with van der Waals surface area (Å²) in [7, 11) is -0.764. The number of rotatable bonds is 10. The van der Waals surface area contributed by atoms with Crippen LogP contribution in [0.15, 0.2) is 0 Å². The monoisotopic (exact) mass is 319 g/mol. The molecule has 0 spiro atoms. The predicted octanol–water partition coefficient (Wildman–Crippen LogP) is 2.08. The standard InChI is InChI=1S/C16H33NO3S/c1-4-14-7-5-6-8-16(14)20-12-15(18)11-17-10-9-13(2)21(3)19/h13-18H,4-12H2,1-3H3. The molecule has 1 aliphatic rings. The van der Waals surface area contributed by atoms with Crippen LogP contribution in [0.25, 0.3) is 0 Å². The number of aliphatic hydroxyl groups excluding tert-OH is 1. The highest BCUT2D eigenvalue weighted by Crippen LogP contribution is 2.29. The van der Waals surface area contributed by atoms with Crippen LogP contribution in [0.2, 0.25) is 0 Å². The molecular formula is C16H33NO3S. The van der Waals surface area contributed by atoms with Gasteiger partial charge in [-0.2, -0.15) is 0 Å². The second-order valence-electron chi connectivity index (χ2n) is 6.28. The Hall–Kier alpha value is 0.0300. The Labute approximate surface area is 132 Å². The number of ether oxygens (including phenoxy) is 1. The van der Waals surface area contributed by atoms with Crippen LogP contribution in [0.4, 0.5) is 0 Å². The van der Waals surface area contributed by atoms with Crippen molar-refractivity contribution < 1.29 is 14.1 Å². The van der Waals surface area contributed by atoms with E-state index < -0.39 is 16.9 Å². The van der Waals surface area contributed by atoms with Crippen molar-refractivity contribution in [3.8, 4) is 0 Å². The lowest BCUT2D eigenvalue weighted by Crippen LogP contribution is -2.35. The molecule has 0 aromatic heterocycles. The van der Waals surface area contributed by atoms with E-state index in [1.807, 2.05) is 6.92 Å². The molecule has 4 nitrogen and oxygen atoms in total. The van der Waals surface area contributed by atoms with Gasteiger partial charge in [0.2, 0.25) is 0 Å². The average molecular weight is 320 g/mol. The molecule has 5 heteroatoms. The van der Waals surface area contributed by atoms with E-state index in [0.717, 1.165) is 19.4 Å². The van der Waals surface area contributed by atoms with E-state index in [2.05, 4.69) is 12.2 Å². The van der Waals surface area contributed by atoms with Gasteiger partial charge in [0.05, 0.1) is 18.8 Å². The van der Waals surface area contributed by atoms with E-state index in [0.29, 0.717) is 25.2 Å². The molecule has 1 fully saturated rings. The van der Waals surface area contributed by atoms with E-state index in [1.165, 1.54) is 25.7 Å². The van der Waals surface area contributed by atoms with E-state index in [1.54, 1.807) is 6.26 Å². The van der Waals surface area contributed by atoms with Crippen LogP contribution >= 0.6 is 0 Å². The maximum absolute atomic E-state index is 11.2. The lowest BCUT2D eigenvalue weighted by Gasteiger charge is -2.31. The van der Waals surface area contributed by atoms with Gasteiger partial charge in [0, 0.05) is 28.9 Å². The summed E-state index contributed by atoms with van der Waals surface area (Å²) >= 11 is 0. The fraction of sp³-hybridized carbons (Fsp3) is 1.00. The van der Waals surface area contributed by atoms with Crippen molar-refractivity contribution in [3.05, 3.63) is 0 Å². The predicted molar refractivity (Wildman–Crippen MR) is 89.0 cm³/mol. The van der Waals surface area contributed by atoms with Crippen molar-refractivity contribution in [2.24, 2.45) is 5.92 Å². The van der Waals surface area contributed by atoms with Gasteiger partial charge in [0.1, 0.15) is 0 Å². The average Bonchev–Trinajstić information content (AvgIpc) is 2.49. The van der Waals surface area contributed by atoms with Crippen LogP contribution in [0.1, 0.15) is 52.4 Å². The van der Waals surface area contributed by atoms with E-state index in [-0.39, 0.29) is 5.25 Å². The SMILES string of the molecule is CCC1CCCCC1OCC(O)CNCCC(C)S(C)=O. The van der Waals surface area contributed by atoms with Crippen molar-refractivity contribution in [2.75, 3.05) is 26.0 Å². The minimum absolute atomic E-state index is 0.207. The highest BCUT2D eigenvalue weighted by atomic mass is 32.2. The number of aliphatic hydroxyl groups is 1. The summed E-state index contributed by atoms with van der Waals surface area (Å²) in [4.78, 5) is 0. The van der Waals surface area contributed by atoms with Crippen LogP contribution in [0.5, 0.6) is 0 Å². The van der Waals surface area contributed by atoms with E-state index >= 15 is 0 Å². The molecule has 0 saturated heterocycles. The second kappa shape index (κ2) is 10.7. The smallest absolute Gasteiger partial charge is 0.0897 e. The third-order valence-corrected chi connectivity index (χ3v) is 5.91. The lowest BCUT2D eigenvalue weighted by atomic mass is 9.85. The molecule has 0 heterocycles. The molecule has 1 saturated carbocycles. The van der Waals surface area contributed by atoms with E-state index in [4.69, 9.17) is 4.74 Å². The van der Waals surface area contributed by atoms with Gasteiger partial charge in [0.25, 0.3) is 0 Å². The molecule has 0 aromatic rings. The Bertz CT molecular complexity index is 301. The molecule has 0 aromatic carbocycles. The van der Waals surface area contributed by atoms with Gasteiger partial charge in [-0.25, -0.2) is 0 Å². The topological polar surface area (TPSA) is 58.6 Å². The molecule has 21 heavy (non-hydrogen) atoms. The van der Waals surface area contributed by atoms with Crippen LogP contribution in [0, 0.1) is 5.92 Å². The first-order valence-corrected chi connectivity index (χ1v) is 9.99. The lowest BCUT2D eigenvalue weighted by molar-refractivity contribution is -0.0498. The minimum atomic E-state index is -0.764. The summed E-state index contributed by atoms with van der Waals surface area (Å²) in [6.45, 7) is 5.98. The molecule has 126 valence electrons. The Morgan fingerprint density at radius 3 is 2.76 bits per heavy atom. The first-order valence-electron chi connectivity index (χ1n) is 8.37. The van der Waals surface area contributed by atoms with Crippen LogP contribution in [0.3, 0.4) is 0 Å². The molecule has 2 N–H and O–H groups in total. The highest BCUT2D eigenvalue weighted by Gasteiger charge is 2.24. The second-order valence-corrected chi connectivity index (χ2v) is 8.08. The van der Waals surface area contributed by atoms with Crippen molar-refractivity contribution in [1.82, 2.24) is 5.32 Å². The van der Waals surface area contributed by atoms with Crippen LogP contribution < -0.4 is 5.32 Å². The van der Waals surface area contributed by atoms with Gasteiger partial charge < -0.3 is 15.2 Å². The van der Waals surface area contributed by atoms with Crippen LogP contribution in [-0.4, -0.2) is 52.7 Å². The minimum Gasteiger partial charge on any atom is -0.389 e. The zero-order valence-corrected chi connectivity index (χ0v) is 14.7. The van der Waals surface area contributed by atoms with Gasteiger partial charge >= 0.3 is 0 Å². The maximum Gasteiger partial charge on any atom is 0.0897 e. The fourth-order valence-electron chi connectivity index (χ4n) is 2.89. The number of hydrogen-bond acceptors (Lipinski definition) is 4. The Balaban J connectivity index is 2.10. The molecule has 5 unspecified atom stereocenters. The van der Waals surface area contributed by atoms with Gasteiger partial charge in [-0.1, -0.05) is 33.1 Å². The molecule has 1 rings (SSSR count). The Kier molecular flexibility index (Phi) is 9.73. The van der Waals surface area contributed by atoms with Gasteiger partial charge in [-0.15, -0.1) is 0 Å². The van der Waals surface area contributed by atoms with E-state index in [9.17, 15) is 9.32 Å². The zero-order valence-electron chi connectivity index (χ0n) is 13.8. The van der Waals surface area contributed by atoms with Crippen molar-refractivity contribution in [2.45, 2.75) is 69.8 Å². The van der Waals surface area contributed by atoms with Crippen molar-refractivity contribution in [1.29, 1.82) is 0 Å². The Morgan fingerprint density at radius 1 is 1.38 bits per heavy atom. The summed E-state index contributed by atoms with van der Waals surface area (Å²) in [5.41, 5.74) is 0. The summed E-state index contributed by atoms with van der Waals surface area (Å²) in [6, 6.07) is 0. The summed E-state index contributed by atoms with van der Waals surface area (Å²) < 4.78 is 17.1.